The van der Waals surface area contributed by atoms with Crippen LogP contribution in [-0.4, -0.2) is 40.9 Å². The van der Waals surface area contributed by atoms with Crippen LogP contribution in [0.2, 0.25) is 0 Å². The molecular weight excluding hydrogens is 347 g/mol. The molecule has 1 N–H and O–H groups in total. The van der Waals surface area contributed by atoms with E-state index in [4.69, 9.17) is 4.74 Å². The zero-order chi connectivity index (χ0) is 19.1. The van der Waals surface area contributed by atoms with Gasteiger partial charge in [0.15, 0.2) is 0 Å². The second-order valence-electron chi connectivity index (χ2n) is 6.00. The van der Waals surface area contributed by atoms with Crippen molar-refractivity contribution in [1.29, 1.82) is 0 Å². The van der Waals surface area contributed by atoms with Crippen LogP contribution in [0, 0.1) is 5.82 Å². The van der Waals surface area contributed by atoms with Crippen molar-refractivity contribution < 1.29 is 13.9 Å². The Balaban J connectivity index is 1.56. The number of amides is 1. The van der Waals surface area contributed by atoms with Crippen molar-refractivity contribution in [3.8, 4) is 11.1 Å². The van der Waals surface area contributed by atoms with Crippen molar-refractivity contribution in [1.82, 2.24) is 20.1 Å². The molecule has 0 aliphatic carbocycles. The van der Waals surface area contributed by atoms with Crippen molar-refractivity contribution in [2.75, 3.05) is 20.3 Å². The van der Waals surface area contributed by atoms with Crippen LogP contribution in [0.5, 0.6) is 0 Å². The molecule has 0 unspecified atom stereocenters. The number of methoxy groups -OCH3 is 1. The van der Waals surface area contributed by atoms with Gasteiger partial charge in [0.05, 0.1) is 6.61 Å². The Hall–Kier alpha value is -3.06. The van der Waals surface area contributed by atoms with Gasteiger partial charge in [-0.25, -0.2) is 4.39 Å². The summed E-state index contributed by atoms with van der Waals surface area (Å²) in [5, 5.41) is 10.8. The lowest BCUT2D eigenvalue weighted by molar-refractivity contribution is 0.0954. The van der Waals surface area contributed by atoms with Crippen LogP contribution in [0.3, 0.4) is 0 Å². The molecule has 0 aliphatic heterocycles. The first kappa shape index (κ1) is 18.7. The number of halogens is 1. The topological polar surface area (TPSA) is 69.0 Å². The number of nitrogens with zero attached hydrogens (tertiary/aromatic N) is 3. The zero-order valence-corrected chi connectivity index (χ0v) is 15.1. The third-order valence-electron chi connectivity index (χ3n) is 4.20. The van der Waals surface area contributed by atoms with E-state index in [0.29, 0.717) is 37.2 Å². The van der Waals surface area contributed by atoms with Crippen molar-refractivity contribution in [2.45, 2.75) is 13.0 Å². The predicted molar refractivity (Wildman–Crippen MR) is 99.8 cm³/mol. The highest BCUT2D eigenvalue weighted by molar-refractivity contribution is 5.94. The highest BCUT2D eigenvalue weighted by atomic mass is 19.1. The van der Waals surface area contributed by atoms with Crippen molar-refractivity contribution >= 4 is 5.91 Å². The molecule has 0 fully saturated rings. The second kappa shape index (κ2) is 9.05. The van der Waals surface area contributed by atoms with Gasteiger partial charge in [0, 0.05) is 37.7 Å². The van der Waals surface area contributed by atoms with E-state index in [9.17, 15) is 9.18 Å². The molecule has 1 amide bonds. The van der Waals surface area contributed by atoms with Gasteiger partial charge in [-0.15, -0.1) is 10.2 Å². The normalized spacial score (nSPS) is 10.7. The van der Waals surface area contributed by atoms with Crippen molar-refractivity contribution in [3.05, 3.63) is 72.1 Å². The van der Waals surface area contributed by atoms with Gasteiger partial charge in [0.2, 0.25) is 0 Å². The Kier molecular flexibility index (Phi) is 6.27. The van der Waals surface area contributed by atoms with Crippen LogP contribution in [0.1, 0.15) is 16.2 Å². The Morgan fingerprint density at radius 1 is 1.19 bits per heavy atom. The summed E-state index contributed by atoms with van der Waals surface area (Å²) in [6.07, 6.45) is 2.22. The maximum atomic E-state index is 13.8. The van der Waals surface area contributed by atoms with E-state index in [1.54, 1.807) is 55.9 Å². The number of carbonyl (C=O) groups excluding carboxylic acids is 1. The number of ether oxygens (including phenoxy) is 1. The first-order chi connectivity index (χ1) is 13.2. The number of carbonyl (C=O) groups is 1. The van der Waals surface area contributed by atoms with Crippen LogP contribution in [-0.2, 0) is 17.7 Å². The standard InChI is InChI=1S/C20H21FN4O2/c1-27-13-12-25-14-23-24-19(25)10-11-22-20(26)16-8-6-15(7-9-16)17-4-2-3-5-18(17)21/h2-9,14H,10-13H2,1H3,(H,22,26). The molecular formula is C20H21FN4O2. The van der Waals surface area contributed by atoms with Crippen molar-refractivity contribution in [3.63, 3.8) is 0 Å². The number of benzene rings is 2. The van der Waals surface area contributed by atoms with E-state index in [-0.39, 0.29) is 11.7 Å². The van der Waals surface area contributed by atoms with Crippen molar-refractivity contribution in [2.24, 2.45) is 0 Å². The van der Waals surface area contributed by atoms with Gasteiger partial charge in [-0.05, 0) is 23.8 Å². The van der Waals surface area contributed by atoms with Gasteiger partial charge >= 0.3 is 0 Å². The minimum absolute atomic E-state index is 0.182. The molecule has 3 rings (SSSR count). The molecule has 2 aromatic carbocycles. The Morgan fingerprint density at radius 3 is 2.70 bits per heavy atom. The molecule has 0 saturated heterocycles. The molecule has 0 spiro atoms. The van der Waals surface area contributed by atoms with Crippen LogP contribution in [0.25, 0.3) is 11.1 Å². The summed E-state index contributed by atoms with van der Waals surface area (Å²) in [6.45, 7) is 1.69. The predicted octanol–water partition coefficient (Wildman–Crippen LogP) is 2.70. The highest BCUT2D eigenvalue weighted by Gasteiger charge is 2.09. The van der Waals surface area contributed by atoms with Gasteiger partial charge in [0.1, 0.15) is 18.0 Å². The first-order valence-corrected chi connectivity index (χ1v) is 8.68. The molecule has 140 valence electrons. The number of hydrogen-bond acceptors (Lipinski definition) is 4. The van der Waals surface area contributed by atoms with Crippen LogP contribution in [0.15, 0.2) is 54.9 Å². The molecule has 27 heavy (non-hydrogen) atoms. The maximum absolute atomic E-state index is 13.8. The molecule has 0 saturated carbocycles. The Bertz CT molecular complexity index is 893. The second-order valence-corrected chi connectivity index (χ2v) is 6.00. The van der Waals surface area contributed by atoms with Crippen LogP contribution >= 0.6 is 0 Å². The molecule has 1 aromatic heterocycles. The Morgan fingerprint density at radius 2 is 1.96 bits per heavy atom. The summed E-state index contributed by atoms with van der Waals surface area (Å²) in [6, 6.07) is 13.4. The lowest BCUT2D eigenvalue weighted by Gasteiger charge is -2.08. The molecule has 0 radical (unpaired) electrons. The van der Waals surface area contributed by atoms with Gasteiger partial charge in [-0.3, -0.25) is 4.79 Å². The zero-order valence-electron chi connectivity index (χ0n) is 15.1. The SMILES string of the molecule is COCCn1cnnc1CCNC(=O)c1ccc(-c2ccccc2F)cc1. The largest absolute Gasteiger partial charge is 0.383 e. The maximum Gasteiger partial charge on any atom is 0.251 e. The van der Waals surface area contributed by atoms with Gasteiger partial charge < -0.3 is 14.6 Å². The molecule has 3 aromatic rings. The molecule has 0 atom stereocenters. The molecule has 0 aliphatic rings. The monoisotopic (exact) mass is 368 g/mol. The molecule has 1 heterocycles. The van der Waals surface area contributed by atoms with E-state index in [0.717, 1.165) is 11.4 Å². The summed E-state index contributed by atoms with van der Waals surface area (Å²) in [5.74, 6) is 0.326. The van der Waals surface area contributed by atoms with Crippen LogP contribution in [0.4, 0.5) is 4.39 Å². The lowest BCUT2D eigenvalue weighted by atomic mass is 10.0. The summed E-state index contributed by atoms with van der Waals surface area (Å²) in [4.78, 5) is 12.3. The minimum Gasteiger partial charge on any atom is -0.383 e. The third-order valence-corrected chi connectivity index (χ3v) is 4.20. The first-order valence-electron chi connectivity index (χ1n) is 8.68. The fourth-order valence-corrected chi connectivity index (χ4v) is 2.74. The van der Waals surface area contributed by atoms with E-state index in [1.165, 1.54) is 6.07 Å². The average molecular weight is 368 g/mol. The van der Waals surface area contributed by atoms with Gasteiger partial charge in [0.25, 0.3) is 5.91 Å². The minimum atomic E-state index is -0.285. The average Bonchev–Trinajstić information content (AvgIpc) is 3.14. The number of aromatic nitrogens is 3. The molecule has 6 nitrogen and oxygen atoms in total. The van der Waals surface area contributed by atoms with Gasteiger partial charge in [-0.2, -0.15) is 0 Å². The van der Waals surface area contributed by atoms with E-state index in [1.807, 2.05) is 4.57 Å². The van der Waals surface area contributed by atoms with E-state index >= 15 is 0 Å². The smallest absolute Gasteiger partial charge is 0.251 e. The highest BCUT2D eigenvalue weighted by Crippen LogP contribution is 2.22. The molecule has 0 bridgehead atoms. The van der Waals surface area contributed by atoms with Crippen LogP contribution < -0.4 is 5.32 Å². The summed E-state index contributed by atoms with van der Waals surface area (Å²) in [7, 11) is 1.64. The van der Waals surface area contributed by atoms with E-state index in [2.05, 4.69) is 15.5 Å². The quantitative estimate of drug-likeness (QED) is 0.664. The van der Waals surface area contributed by atoms with E-state index < -0.39 is 0 Å². The fourth-order valence-electron chi connectivity index (χ4n) is 2.74. The lowest BCUT2D eigenvalue weighted by Crippen LogP contribution is -2.26. The summed E-state index contributed by atoms with van der Waals surface area (Å²) in [5.41, 5.74) is 1.77. The van der Waals surface area contributed by atoms with Gasteiger partial charge in [-0.1, -0.05) is 30.3 Å². The number of rotatable bonds is 8. The summed E-state index contributed by atoms with van der Waals surface area (Å²) < 4.78 is 20.8. The number of hydrogen-bond donors (Lipinski definition) is 1. The number of nitrogens with one attached hydrogen (secondary N) is 1. The Labute approximate surface area is 157 Å². The third kappa shape index (κ3) is 4.77. The summed E-state index contributed by atoms with van der Waals surface area (Å²) >= 11 is 0. The molecule has 7 heteroatoms. The fraction of sp³-hybridized carbons (Fsp3) is 0.250.